The van der Waals surface area contributed by atoms with Crippen LogP contribution in [-0.2, 0) is 0 Å². The average Bonchev–Trinajstić information content (AvgIpc) is 2.95. The second-order valence-corrected chi connectivity index (χ2v) is 4.98. The van der Waals surface area contributed by atoms with Crippen LogP contribution in [0.2, 0.25) is 0 Å². The summed E-state index contributed by atoms with van der Waals surface area (Å²) in [5, 5.41) is 9.30. The van der Waals surface area contributed by atoms with Crippen molar-refractivity contribution in [3.63, 3.8) is 0 Å². The molecule has 0 saturated carbocycles. The number of nitrogens with one attached hydrogen (secondary N) is 2. The van der Waals surface area contributed by atoms with Crippen LogP contribution in [0.3, 0.4) is 0 Å². The Morgan fingerprint density at radius 2 is 2.32 bits per heavy atom. The lowest BCUT2D eigenvalue weighted by Crippen LogP contribution is -2.14. The van der Waals surface area contributed by atoms with Crippen LogP contribution in [0.25, 0.3) is 10.2 Å². The number of carbonyl (C=O) groups is 1. The third kappa shape index (κ3) is 2.04. The van der Waals surface area contributed by atoms with Crippen LogP contribution >= 0.6 is 11.3 Å². The van der Waals surface area contributed by atoms with Crippen molar-refractivity contribution in [2.75, 3.05) is 11.1 Å². The summed E-state index contributed by atoms with van der Waals surface area (Å²) in [6, 6.07) is 5.56. The Kier molecular flexibility index (Phi) is 2.68. The maximum absolute atomic E-state index is 12.1. The molecule has 96 valence electrons. The zero-order valence-electron chi connectivity index (χ0n) is 10.1. The summed E-state index contributed by atoms with van der Waals surface area (Å²) in [5.41, 5.74) is 10.1. The van der Waals surface area contributed by atoms with E-state index in [1.807, 2.05) is 18.2 Å². The lowest BCUT2D eigenvalue weighted by molar-refractivity contribution is 0.102. The first-order chi connectivity index (χ1) is 9.15. The van der Waals surface area contributed by atoms with Crippen molar-refractivity contribution in [1.29, 1.82) is 0 Å². The molecule has 0 spiro atoms. The summed E-state index contributed by atoms with van der Waals surface area (Å²) in [6.45, 7) is 1.75. The highest BCUT2D eigenvalue weighted by molar-refractivity contribution is 7.16. The number of nitrogens with zero attached hydrogens (tertiary/aromatic N) is 2. The molecule has 0 saturated heterocycles. The van der Waals surface area contributed by atoms with Crippen LogP contribution in [0.1, 0.15) is 16.1 Å². The van der Waals surface area contributed by atoms with Gasteiger partial charge in [0, 0.05) is 11.4 Å². The molecule has 19 heavy (non-hydrogen) atoms. The lowest BCUT2D eigenvalue weighted by atomic mass is 10.2. The minimum absolute atomic E-state index is 0.203. The number of thiazole rings is 1. The van der Waals surface area contributed by atoms with Gasteiger partial charge in [0.2, 0.25) is 0 Å². The van der Waals surface area contributed by atoms with Crippen molar-refractivity contribution in [2.45, 2.75) is 6.92 Å². The number of nitrogens with two attached hydrogens (primary N) is 1. The van der Waals surface area contributed by atoms with Crippen molar-refractivity contribution < 1.29 is 4.79 Å². The molecule has 0 unspecified atom stereocenters. The van der Waals surface area contributed by atoms with Crippen molar-refractivity contribution in [3.05, 3.63) is 35.0 Å². The number of benzene rings is 1. The Morgan fingerprint density at radius 3 is 3.05 bits per heavy atom. The van der Waals surface area contributed by atoms with Gasteiger partial charge >= 0.3 is 0 Å². The number of hydrogen-bond acceptors (Lipinski definition) is 5. The van der Waals surface area contributed by atoms with Gasteiger partial charge in [0.25, 0.3) is 5.91 Å². The van der Waals surface area contributed by atoms with Crippen LogP contribution in [0.5, 0.6) is 0 Å². The molecule has 0 aliphatic rings. The summed E-state index contributed by atoms with van der Waals surface area (Å²) in [5.74, 6) is -0.0681. The summed E-state index contributed by atoms with van der Waals surface area (Å²) < 4.78 is 1.02. The highest BCUT2D eigenvalue weighted by Crippen LogP contribution is 2.23. The molecule has 1 amide bonds. The molecule has 0 atom stereocenters. The number of nitrogen functional groups attached to an aromatic ring is 1. The van der Waals surface area contributed by atoms with E-state index >= 15 is 0 Å². The van der Waals surface area contributed by atoms with Gasteiger partial charge in [-0.05, 0) is 25.1 Å². The number of carbonyl (C=O) groups excluding carboxylic acids is 1. The topological polar surface area (TPSA) is 96.7 Å². The summed E-state index contributed by atoms with van der Waals surface area (Å²) in [4.78, 5) is 16.3. The number of aryl methyl sites for hydroxylation is 1. The minimum Gasteiger partial charge on any atom is -0.382 e. The van der Waals surface area contributed by atoms with Gasteiger partial charge in [-0.1, -0.05) is 0 Å². The van der Waals surface area contributed by atoms with E-state index in [1.165, 1.54) is 11.3 Å². The highest BCUT2D eigenvalue weighted by atomic mass is 32.1. The third-order valence-electron chi connectivity index (χ3n) is 2.79. The number of aromatic nitrogens is 3. The molecule has 3 rings (SSSR count). The molecule has 0 aliphatic carbocycles. The molecule has 4 N–H and O–H groups in total. The third-order valence-corrected chi connectivity index (χ3v) is 3.58. The van der Waals surface area contributed by atoms with Gasteiger partial charge in [-0.25, -0.2) is 4.98 Å². The SMILES string of the molecule is Cc1[nH]nc(N)c1C(=O)Nc1ccc2ncsc2c1. The standard InChI is InChI=1S/C12H11N5OS/c1-6-10(11(13)17-16-6)12(18)15-7-2-3-8-9(4-7)19-5-14-8/h2-5H,1H3,(H,15,18)(H3,13,16,17). The molecular weight excluding hydrogens is 262 g/mol. The average molecular weight is 273 g/mol. The predicted molar refractivity (Wildman–Crippen MR) is 75.3 cm³/mol. The van der Waals surface area contributed by atoms with Crippen molar-refractivity contribution >= 4 is 39.0 Å². The first-order valence-electron chi connectivity index (χ1n) is 5.60. The number of anilines is 2. The van der Waals surface area contributed by atoms with Crippen molar-refractivity contribution in [2.24, 2.45) is 0 Å². The van der Waals surface area contributed by atoms with Crippen LogP contribution in [0.15, 0.2) is 23.7 Å². The summed E-state index contributed by atoms with van der Waals surface area (Å²) >= 11 is 1.53. The van der Waals surface area contributed by atoms with E-state index in [0.29, 0.717) is 16.9 Å². The molecule has 7 heteroatoms. The number of amides is 1. The first kappa shape index (κ1) is 11.7. The van der Waals surface area contributed by atoms with E-state index in [-0.39, 0.29) is 11.7 Å². The van der Waals surface area contributed by atoms with Crippen LogP contribution < -0.4 is 11.1 Å². The predicted octanol–water partition coefficient (Wildman–Crippen LogP) is 2.16. The largest absolute Gasteiger partial charge is 0.382 e. The normalized spacial score (nSPS) is 10.8. The maximum atomic E-state index is 12.1. The van der Waals surface area contributed by atoms with Gasteiger partial charge in [0.15, 0.2) is 5.82 Å². The number of aromatic amines is 1. The maximum Gasteiger partial charge on any atom is 0.261 e. The van der Waals surface area contributed by atoms with Gasteiger partial charge in [0.05, 0.1) is 15.7 Å². The fourth-order valence-corrected chi connectivity index (χ4v) is 2.58. The van der Waals surface area contributed by atoms with E-state index in [4.69, 9.17) is 5.73 Å². The van der Waals surface area contributed by atoms with Crippen LogP contribution in [0, 0.1) is 6.92 Å². The van der Waals surface area contributed by atoms with Gasteiger partial charge in [0.1, 0.15) is 5.56 Å². The molecule has 2 heterocycles. The van der Waals surface area contributed by atoms with Crippen molar-refractivity contribution in [3.8, 4) is 0 Å². The van der Waals surface area contributed by atoms with Crippen molar-refractivity contribution in [1.82, 2.24) is 15.2 Å². The number of rotatable bonds is 2. The van der Waals surface area contributed by atoms with Gasteiger partial charge in [-0.2, -0.15) is 5.10 Å². The van der Waals surface area contributed by atoms with Gasteiger partial charge < -0.3 is 11.1 Å². The molecule has 3 aromatic rings. The molecular formula is C12H11N5OS. The minimum atomic E-state index is -0.271. The zero-order chi connectivity index (χ0) is 13.4. The van der Waals surface area contributed by atoms with Crippen LogP contribution in [-0.4, -0.2) is 21.1 Å². The summed E-state index contributed by atoms with van der Waals surface area (Å²) in [7, 11) is 0. The van der Waals surface area contributed by atoms with Crippen LogP contribution in [0.4, 0.5) is 11.5 Å². The van der Waals surface area contributed by atoms with E-state index < -0.39 is 0 Å². The molecule has 0 bridgehead atoms. The van der Waals surface area contributed by atoms with E-state index in [2.05, 4.69) is 20.5 Å². The van der Waals surface area contributed by atoms with Gasteiger partial charge in [-0.15, -0.1) is 11.3 Å². The molecule has 2 aromatic heterocycles. The highest BCUT2D eigenvalue weighted by Gasteiger charge is 2.16. The second-order valence-electron chi connectivity index (χ2n) is 4.10. The smallest absolute Gasteiger partial charge is 0.261 e. The molecule has 6 nitrogen and oxygen atoms in total. The van der Waals surface area contributed by atoms with E-state index in [9.17, 15) is 4.79 Å². The Labute approximate surface area is 112 Å². The van der Waals surface area contributed by atoms with E-state index in [0.717, 1.165) is 10.2 Å². The molecule has 0 fully saturated rings. The fourth-order valence-electron chi connectivity index (χ4n) is 1.86. The monoisotopic (exact) mass is 273 g/mol. The van der Waals surface area contributed by atoms with E-state index in [1.54, 1.807) is 12.4 Å². The second kappa shape index (κ2) is 4.36. The quantitative estimate of drug-likeness (QED) is 0.666. The molecule has 0 radical (unpaired) electrons. The zero-order valence-corrected chi connectivity index (χ0v) is 10.9. The Balaban J connectivity index is 1.90. The Morgan fingerprint density at radius 1 is 1.47 bits per heavy atom. The Bertz CT molecular complexity index is 741. The molecule has 1 aromatic carbocycles. The number of H-pyrrole nitrogens is 1. The lowest BCUT2D eigenvalue weighted by Gasteiger charge is -2.05. The number of hydrogen-bond donors (Lipinski definition) is 3. The first-order valence-corrected chi connectivity index (χ1v) is 6.48. The Hall–Kier alpha value is -2.41. The fraction of sp³-hybridized carbons (Fsp3) is 0.0833. The summed E-state index contributed by atoms with van der Waals surface area (Å²) in [6.07, 6.45) is 0. The molecule has 0 aliphatic heterocycles. The number of fused-ring (bicyclic) bond motifs is 1. The van der Waals surface area contributed by atoms with Gasteiger partial charge in [-0.3, -0.25) is 9.89 Å².